The summed E-state index contributed by atoms with van der Waals surface area (Å²) in [6, 6.07) is 16.1. The first-order valence-corrected chi connectivity index (χ1v) is 6.84. The fraction of sp³-hybridized carbons (Fsp3) is 0.235. The number of carboxylic acids is 1. The summed E-state index contributed by atoms with van der Waals surface area (Å²) >= 11 is 0. The zero-order chi connectivity index (χ0) is 15.2. The van der Waals surface area contributed by atoms with Crippen LogP contribution in [-0.2, 0) is 11.3 Å². The van der Waals surface area contributed by atoms with E-state index >= 15 is 0 Å². The lowest BCUT2D eigenvalue weighted by Crippen LogP contribution is -2.32. The van der Waals surface area contributed by atoms with E-state index in [4.69, 9.17) is 5.11 Å². The van der Waals surface area contributed by atoms with Gasteiger partial charge < -0.3 is 10.0 Å². The lowest BCUT2D eigenvalue weighted by atomic mass is 10.1. The quantitative estimate of drug-likeness (QED) is 0.883. The van der Waals surface area contributed by atoms with Crippen molar-refractivity contribution in [2.24, 2.45) is 5.92 Å². The van der Waals surface area contributed by atoms with Gasteiger partial charge in [0.05, 0.1) is 11.6 Å². The van der Waals surface area contributed by atoms with Crippen LogP contribution >= 0.6 is 0 Å². The van der Waals surface area contributed by atoms with Gasteiger partial charge in [0.2, 0.25) is 0 Å². The van der Waals surface area contributed by atoms with Crippen LogP contribution in [0, 0.1) is 11.7 Å². The molecule has 0 aliphatic rings. The molecule has 0 aromatic heterocycles. The molecule has 0 saturated heterocycles. The van der Waals surface area contributed by atoms with E-state index in [-0.39, 0.29) is 12.4 Å². The topological polar surface area (TPSA) is 40.5 Å². The van der Waals surface area contributed by atoms with Crippen molar-refractivity contribution in [1.82, 2.24) is 0 Å². The molecule has 0 radical (unpaired) electrons. The van der Waals surface area contributed by atoms with Gasteiger partial charge in [-0.25, -0.2) is 4.39 Å². The molecular weight excluding hydrogens is 269 g/mol. The monoisotopic (exact) mass is 287 g/mol. The largest absolute Gasteiger partial charge is 0.481 e. The Morgan fingerprint density at radius 2 is 1.76 bits per heavy atom. The highest BCUT2D eigenvalue weighted by molar-refractivity contribution is 5.70. The van der Waals surface area contributed by atoms with Crippen LogP contribution in [0.4, 0.5) is 10.1 Å². The van der Waals surface area contributed by atoms with Crippen LogP contribution < -0.4 is 4.90 Å². The molecule has 0 saturated carbocycles. The Bertz CT molecular complexity index is 601. The summed E-state index contributed by atoms with van der Waals surface area (Å²) in [4.78, 5) is 12.9. The molecule has 2 aromatic carbocycles. The number of hydrogen-bond acceptors (Lipinski definition) is 2. The van der Waals surface area contributed by atoms with Crippen molar-refractivity contribution in [2.45, 2.75) is 13.5 Å². The Balaban J connectivity index is 2.26. The minimum atomic E-state index is -0.885. The zero-order valence-corrected chi connectivity index (χ0v) is 11.9. The number of aliphatic carboxylic acids is 1. The van der Waals surface area contributed by atoms with Gasteiger partial charge in [-0.3, -0.25) is 4.79 Å². The smallest absolute Gasteiger partial charge is 0.308 e. The second-order valence-corrected chi connectivity index (χ2v) is 5.06. The Labute approximate surface area is 123 Å². The number of hydrogen-bond donors (Lipinski definition) is 1. The predicted octanol–water partition coefficient (Wildman–Crippen LogP) is 3.55. The number of carbonyl (C=O) groups is 1. The lowest BCUT2D eigenvalue weighted by Gasteiger charge is -2.27. The van der Waals surface area contributed by atoms with Crippen LogP contribution in [0.3, 0.4) is 0 Å². The molecule has 2 rings (SSSR count). The van der Waals surface area contributed by atoms with E-state index in [1.807, 2.05) is 30.3 Å². The van der Waals surface area contributed by atoms with Gasteiger partial charge in [0, 0.05) is 13.1 Å². The fourth-order valence-corrected chi connectivity index (χ4v) is 2.17. The van der Waals surface area contributed by atoms with E-state index in [1.54, 1.807) is 30.0 Å². The van der Waals surface area contributed by atoms with Crippen LogP contribution in [0.5, 0.6) is 0 Å². The molecule has 0 aliphatic heterocycles. The van der Waals surface area contributed by atoms with Crippen molar-refractivity contribution in [3.8, 4) is 0 Å². The number of para-hydroxylation sites is 1. The summed E-state index contributed by atoms with van der Waals surface area (Å²) < 4.78 is 14.0. The molecule has 3 nitrogen and oxygen atoms in total. The summed E-state index contributed by atoms with van der Waals surface area (Å²) in [5.41, 5.74) is 1.44. The first kappa shape index (κ1) is 15.0. The second kappa shape index (κ2) is 6.88. The molecule has 1 N–H and O–H groups in total. The van der Waals surface area contributed by atoms with Crippen LogP contribution in [0.2, 0.25) is 0 Å². The molecule has 110 valence electrons. The molecule has 21 heavy (non-hydrogen) atoms. The summed E-state index contributed by atoms with van der Waals surface area (Å²) in [5.74, 6) is -1.80. The van der Waals surface area contributed by atoms with Gasteiger partial charge in [0.25, 0.3) is 0 Å². The molecule has 0 fully saturated rings. The van der Waals surface area contributed by atoms with Gasteiger partial charge in [0.15, 0.2) is 0 Å². The molecule has 0 bridgehead atoms. The van der Waals surface area contributed by atoms with E-state index in [0.29, 0.717) is 12.2 Å². The van der Waals surface area contributed by atoms with E-state index in [0.717, 1.165) is 5.56 Å². The van der Waals surface area contributed by atoms with Gasteiger partial charge in [0.1, 0.15) is 5.82 Å². The van der Waals surface area contributed by atoms with E-state index in [1.165, 1.54) is 6.07 Å². The number of carboxylic acid groups (broad SMARTS) is 1. The van der Waals surface area contributed by atoms with Crippen molar-refractivity contribution >= 4 is 11.7 Å². The maximum absolute atomic E-state index is 14.0. The Morgan fingerprint density at radius 3 is 2.38 bits per heavy atom. The van der Waals surface area contributed by atoms with Crippen molar-refractivity contribution < 1.29 is 14.3 Å². The van der Waals surface area contributed by atoms with Gasteiger partial charge in [-0.1, -0.05) is 49.4 Å². The number of rotatable bonds is 6. The molecule has 0 aliphatic carbocycles. The molecule has 1 unspecified atom stereocenters. The maximum atomic E-state index is 14.0. The average molecular weight is 287 g/mol. The van der Waals surface area contributed by atoms with E-state index < -0.39 is 11.9 Å². The third kappa shape index (κ3) is 4.05. The molecule has 0 spiro atoms. The van der Waals surface area contributed by atoms with Crippen molar-refractivity contribution in [3.05, 3.63) is 66.0 Å². The summed E-state index contributed by atoms with van der Waals surface area (Å²) in [6.45, 7) is 2.35. The molecule has 1 atom stereocenters. The molecule has 0 heterocycles. The van der Waals surface area contributed by atoms with Gasteiger partial charge in [-0.2, -0.15) is 0 Å². The second-order valence-electron chi connectivity index (χ2n) is 5.06. The Hall–Kier alpha value is -2.36. The van der Waals surface area contributed by atoms with Crippen molar-refractivity contribution in [3.63, 3.8) is 0 Å². The van der Waals surface area contributed by atoms with Crippen LogP contribution in [0.25, 0.3) is 0 Å². The minimum Gasteiger partial charge on any atom is -0.481 e. The third-order valence-corrected chi connectivity index (χ3v) is 3.33. The first-order valence-electron chi connectivity index (χ1n) is 6.84. The average Bonchev–Trinajstić information content (AvgIpc) is 2.48. The summed E-state index contributed by atoms with van der Waals surface area (Å²) in [6.07, 6.45) is 0. The fourth-order valence-electron chi connectivity index (χ4n) is 2.17. The molecule has 0 amide bonds. The van der Waals surface area contributed by atoms with Crippen LogP contribution in [0.1, 0.15) is 12.5 Å². The molecule has 2 aromatic rings. The van der Waals surface area contributed by atoms with E-state index in [2.05, 4.69) is 0 Å². The number of anilines is 1. The van der Waals surface area contributed by atoms with Crippen LogP contribution in [-0.4, -0.2) is 17.6 Å². The predicted molar refractivity (Wildman–Crippen MR) is 80.7 cm³/mol. The standard InChI is InChI=1S/C17H18FNO2/c1-13(17(20)21)11-19(12-14-7-3-2-4-8-14)16-10-6-5-9-15(16)18/h2-10,13H,11-12H2,1H3,(H,20,21). The van der Waals surface area contributed by atoms with Crippen molar-refractivity contribution in [2.75, 3.05) is 11.4 Å². The number of benzene rings is 2. The molecular formula is C17H18FNO2. The number of halogens is 1. The molecule has 4 heteroatoms. The lowest BCUT2D eigenvalue weighted by molar-refractivity contribution is -0.140. The summed E-state index contributed by atoms with van der Waals surface area (Å²) in [5, 5.41) is 9.09. The first-order chi connectivity index (χ1) is 10.1. The highest BCUT2D eigenvalue weighted by Gasteiger charge is 2.19. The van der Waals surface area contributed by atoms with Gasteiger partial charge in [-0.05, 0) is 17.7 Å². The Morgan fingerprint density at radius 1 is 1.14 bits per heavy atom. The Kier molecular flexibility index (Phi) is 4.93. The van der Waals surface area contributed by atoms with Gasteiger partial charge >= 0.3 is 5.97 Å². The normalized spacial score (nSPS) is 11.9. The zero-order valence-electron chi connectivity index (χ0n) is 11.9. The van der Waals surface area contributed by atoms with E-state index in [9.17, 15) is 9.18 Å². The third-order valence-electron chi connectivity index (χ3n) is 3.33. The van der Waals surface area contributed by atoms with Crippen LogP contribution in [0.15, 0.2) is 54.6 Å². The van der Waals surface area contributed by atoms with Crippen molar-refractivity contribution in [1.29, 1.82) is 0 Å². The highest BCUT2D eigenvalue weighted by atomic mass is 19.1. The number of nitrogens with zero attached hydrogens (tertiary/aromatic N) is 1. The minimum absolute atomic E-state index is 0.255. The van der Waals surface area contributed by atoms with Gasteiger partial charge in [-0.15, -0.1) is 0 Å². The highest BCUT2D eigenvalue weighted by Crippen LogP contribution is 2.22. The maximum Gasteiger partial charge on any atom is 0.308 e. The summed E-state index contributed by atoms with van der Waals surface area (Å²) in [7, 11) is 0. The SMILES string of the molecule is CC(CN(Cc1ccccc1)c1ccccc1F)C(=O)O.